The fourth-order valence-electron chi connectivity index (χ4n) is 2.02. The predicted octanol–water partition coefficient (Wildman–Crippen LogP) is 3.00. The molecule has 2 rings (SSSR count). The van der Waals surface area contributed by atoms with Crippen LogP contribution in [0, 0.1) is 6.92 Å². The van der Waals surface area contributed by atoms with E-state index >= 15 is 0 Å². The fourth-order valence-corrected chi connectivity index (χ4v) is 2.86. The van der Waals surface area contributed by atoms with Crippen LogP contribution in [-0.2, 0) is 6.42 Å². The highest BCUT2D eigenvalue weighted by Crippen LogP contribution is 2.14. The summed E-state index contributed by atoms with van der Waals surface area (Å²) in [5, 5.41) is 5.07. The molecule has 0 radical (unpaired) electrons. The van der Waals surface area contributed by atoms with E-state index < -0.39 is 0 Å². The van der Waals surface area contributed by atoms with Crippen LogP contribution in [0.5, 0.6) is 0 Å². The van der Waals surface area contributed by atoms with Crippen molar-refractivity contribution >= 4 is 22.9 Å². The minimum absolute atomic E-state index is 0.0402. The van der Waals surface area contributed by atoms with Gasteiger partial charge in [-0.25, -0.2) is 0 Å². The summed E-state index contributed by atoms with van der Waals surface area (Å²) in [5.41, 5.74) is 7.96. The highest BCUT2D eigenvalue weighted by atomic mass is 32.1. The van der Waals surface area contributed by atoms with Gasteiger partial charge in [0.2, 0.25) is 0 Å². The number of benzene rings is 1. The molecule has 3 N–H and O–H groups in total. The number of nitrogens with one attached hydrogen (secondary N) is 1. The number of rotatable bonds is 4. The van der Waals surface area contributed by atoms with Gasteiger partial charge in [-0.1, -0.05) is 6.07 Å². The maximum atomic E-state index is 12.2. The lowest BCUT2D eigenvalue weighted by Crippen LogP contribution is -2.34. The molecule has 2 aromatic rings. The Bertz CT molecular complexity index is 564. The third-order valence-corrected chi connectivity index (χ3v) is 3.86. The molecule has 0 saturated heterocycles. The average molecular weight is 274 g/mol. The van der Waals surface area contributed by atoms with Crippen molar-refractivity contribution in [3.05, 3.63) is 51.7 Å². The molecule has 0 bridgehead atoms. The summed E-state index contributed by atoms with van der Waals surface area (Å²) >= 11 is 1.71. The van der Waals surface area contributed by atoms with Crippen LogP contribution in [0.15, 0.2) is 35.7 Å². The zero-order valence-electron chi connectivity index (χ0n) is 11.1. The Balaban J connectivity index is 2.00. The van der Waals surface area contributed by atoms with Crippen LogP contribution >= 0.6 is 11.3 Å². The van der Waals surface area contributed by atoms with E-state index in [4.69, 9.17) is 5.73 Å². The lowest BCUT2D eigenvalue weighted by atomic mass is 10.1. The smallest absolute Gasteiger partial charge is 0.251 e. The second-order valence-electron chi connectivity index (χ2n) is 4.73. The number of carbonyl (C=O) groups excluding carboxylic acids is 1. The van der Waals surface area contributed by atoms with Gasteiger partial charge >= 0.3 is 0 Å². The van der Waals surface area contributed by atoms with Gasteiger partial charge in [0.05, 0.1) is 0 Å². The maximum absolute atomic E-state index is 12.2. The van der Waals surface area contributed by atoms with E-state index in [0.29, 0.717) is 11.3 Å². The van der Waals surface area contributed by atoms with Crippen LogP contribution in [0.25, 0.3) is 0 Å². The molecule has 1 heterocycles. The number of nitrogen functional groups attached to an aromatic ring is 1. The minimum atomic E-state index is -0.0402. The SMILES string of the molecule is Cc1cc(N)ccc1C(=O)NC(C)Cc1cccs1. The third-order valence-electron chi connectivity index (χ3n) is 2.96. The van der Waals surface area contributed by atoms with Gasteiger partial charge < -0.3 is 11.1 Å². The molecule has 1 amide bonds. The van der Waals surface area contributed by atoms with Gasteiger partial charge in [0.1, 0.15) is 0 Å². The van der Waals surface area contributed by atoms with Gasteiger partial charge in [0.15, 0.2) is 0 Å². The molecule has 100 valence electrons. The summed E-state index contributed by atoms with van der Waals surface area (Å²) < 4.78 is 0. The summed E-state index contributed by atoms with van der Waals surface area (Å²) in [4.78, 5) is 13.4. The highest BCUT2D eigenvalue weighted by molar-refractivity contribution is 7.09. The number of hydrogen-bond donors (Lipinski definition) is 2. The molecule has 19 heavy (non-hydrogen) atoms. The number of thiophene rings is 1. The van der Waals surface area contributed by atoms with E-state index in [1.165, 1.54) is 4.88 Å². The van der Waals surface area contributed by atoms with Crippen LogP contribution in [-0.4, -0.2) is 11.9 Å². The molecular formula is C15H18N2OS. The second-order valence-corrected chi connectivity index (χ2v) is 5.76. The van der Waals surface area contributed by atoms with Crippen molar-refractivity contribution in [3.63, 3.8) is 0 Å². The van der Waals surface area contributed by atoms with Crippen LogP contribution in [0.1, 0.15) is 27.7 Å². The van der Waals surface area contributed by atoms with Crippen molar-refractivity contribution in [2.45, 2.75) is 26.3 Å². The van der Waals surface area contributed by atoms with Crippen molar-refractivity contribution in [1.29, 1.82) is 0 Å². The average Bonchev–Trinajstić information content (AvgIpc) is 2.81. The highest BCUT2D eigenvalue weighted by Gasteiger charge is 2.12. The summed E-state index contributed by atoms with van der Waals surface area (Å²) in [7, 11) is 0. The molecule has 0 aliphatic rings. The molecule has 1 atom stereocenters. The number of anilines is 1. The first-order valence-electron chi connectivity index (χ1n) is 6.25. The molecule has 0 aliphatic heterocycles. The van der Waals surface area contributed by atoms with E-state index in [1.54, 1.807) is 23.5 Å². The Kier molecular flexibility index (Phi) is 4.22. The second kappa shape index (κ2) is 5.89. The van der Waals surface area contributed by atoms with Crippen LogP contribution in [0.4, 0.5) is 5.69 Å². The summed E-state index contributed by atoms with van der Waals surface area (Å²) in [6.45, 7) is 3.92. The molecule has 1 unspecified atom stereocenters. The van der Waals surface area contributed by atoms with E-state index in [2.05, 4.69) is 11.4 Å². The summed E-state index contributed by atoms with van der Waals surface area (Å²) in [6.07, 6.45) is 0.859. The monoisotopic (exact) mass is 274 g/mol. The van der Waals surface area contributed by atoms with E-state index in [-0.39, 0.29) is 11.9 Å². The summed E-state index contributed by atoms with van der Waals surface area (Å²) in [5.74, 6) is -0.0402. The van der Waals surface area contributed by atoms with Crippen LogP contribution in [0.2, 0.25) is 0 Å². The molecule has 1 aromatic carbocycles. The maximum Gasteiger partial charge on any atom is 0.251 e. The number of carbonyl (C=O) groups is 1. The minimum Gasteiger partial charge on any atom is -0.399 e. The van der Waals surface area contributed by atoms with Gasteiger partial charge in [-0.15, -0.1) is 11.3 Å². The molecule has 4 heteroatoms. The van der Waals surface area contributed by atoms with Gasteiger partial charge in [0.25, 0.3) is 5.91 Å². The first kappa shape index (κ1) is 13.6. The molecule has 0 aliphatic carbocycles. The molecule has 0 fully saturated rings. The number of nitrogens with two attached hydrogens (primary N) is 1. The lowest BCUT2D eigenvalue weighted by Gasteiger charge is -2.14. The molecule has 0 saturated carbocycles. The molecule has 3 nitrogen and oxygen atoms in total. The Morgan fingerprint density at radius 1 is 1.42 bits per heavy atom. The Labute approximate surface area is 117 Å². The number of aryl methyl sites for hydroxylation is 1. The van der Waals surface area contributed by atoms with Crippen LogP contribution < -0.4 is 11.1 Å². The summed E-state index contributed by atoms with van der Waals surface area (Å²) in [6, 6.07) is 9.58. The zero-order chi connectivity index (χ0) is 13.8. The quantitative estimate of drug-likeness (QED) is 0.842. The van der Waals surface area contributed by atoms with E-state index in [0.717, 1.165) is 12.0 Å². The predicted molar refractivity (Wildman–Crippen MR) is 80.5 cm³/mol. The normalized spacial score (nSPS) is 12.1. The van der Waals surface area contributed by atoms with Crippen LogP contribution in [0.3, 0.4) is 0 Å². The zero-order valence-corrected chi connectivity index (χ0v) is 12.0. The van der Waals surface area contributed by atoms with E-state index in [9.17, 15) is 4.79 Å². The van der Waals surface area contributed by atoms with Gasteiger partial charge in [-0.2, -0.15) is 0 Å². The van der Waals surface area contributed by atoms with Crippen molar-refractivity contribution in [1.82, 2.24) is 5.32 Å². The Hall–Kier alpha value is -1.81. The topological polar surface area (TPSA) is 55.1 Å². The third kappa shape index (κ3) is 3.58. The largest absolute Gasteiger partial charge is 0.399 e. The Morgan fingerprint density at radius 3 is 2.84 bits per heavy atom. The Morgan fingerprint density at radius 2 is 2.21 bits per heavy atom. The lowest BCUT2D eigenvalue weighted by molar-refractivity contribution is 0.0939. The van der Waals surface area contributed by atoms with Gasteiger partial charge in [-0.3, -0.25) is 4.79 Å². The number of amides is 1. The molecule has 1 aromatic heterocycles. The first-order valence-corrected chi connectivity index (χ1v) is 7.13. The fraction of sp³-hybridized carbons (Fsp3) is 0.267. The van der Waals surface area contributed by atoms with Gasteiger partial charge in [0, 0.05) is 28.6 Å². The molecule has 0 spiro atoms. The molecular weight excluding hydrogens is 256 g/mol. The van der Waals surface area contributed by atoms with Crippen molar-refractivity contribution in [2.24, 2.45) is 0 Å². The van der Waals surface area contributed by atoms with Crippen molar-refractivity contribution in [2.75, 3.05) is 5.73 Å². The van der Waals surface area contributed by atoms with Crippen molar-refractivity contribution in [3.8, 4) is 0 Å². The van der Waals surface area contributed by atoms with Gasteiger partial charge in [-0.05, 0) is 49.1 Å². The first-order chi connectivity index (χ1) is 9.06. The number of hydrogen-bond acceptors (Lipinski definition) is 3. The standard InChI is InChI=1S/C15H18N2OS/c1-10-8-12(16)5-6-14(10)15(18)17-11(2)9-13-4-3-7-19-13/h3-8,11H,9,16H2,1-2H3,(H,17,18). The van der Waals surface area contributed by atoms with Crippen molar-refractivity contribution < 1.29 is 4.79 Å². The van der Waals surface area contributed by atoms with E-state index in [1.807, 2.05) is 31.4 Å².